The maximum absolute atomic E-state index is 5.81. The molecule has 2 heteroatoms. The molecule has 1 rings (SSSR count). The number of anilines is 2. The molecule has 78 valence electrons. The highest BCUT2D eigenvalue weighted by atomic mass is 14.9. The zero-order valence-corrected chi connectivity index (χ0v) is 9.30. The Morgan fingerprint density at radius 2 is 2.07 bits per heavy atom. The van der Waals surface area contributed by atoms with Gasteiger partial charge in [0.2, 0.25) is 0 Å². The third-order valence-corrected chi connectivity index (χ3v) is 2.41. The molecule has 0 saturated carbocycles. The van der Waals surface area contributed by atoms with Gasteiger partial charge in [-0.3, -0.25) is 0 Å². The second-order valence-electron chi connectivity index (χ2n) is 4.13. The standard InChI is InChI=1S/C12H20N2/c1-9(2)7-8-14-12-6-4-5-11(13)10(12)3/h4-6,9,14H,7-8,13H2,1-3H3. The molecule has 14 heavy (non-hydrogen) atoms. The van der Waals surface area contributed by atoms with Crippen LogP contribution in [0, 0.1) is 12.8 Å². The quantitative estimate of drug-likeness (QED) is 0.720. The number of nitrogens with two attached hydrogens (primary N) is 1. The number of benzene rings is 1. The van der Waals surface area contributed by atoms with Gasteiger partial charge in [0.15, 0.2) is 0 Å². The smallest absolute Gasteiger partial charge is 0.0390 e. The highest BCUT2D eigenvalue weighted by Crippen LogP contribution is 2.20. The molecular formula is C12H20N2. The normalized spacial score (nSPS) is 10.6. The summed E-state index contributed by atoms with van der Waals surface area (Å²) in [6, 6.07) is 6.00. The molecule has 3 N–H and O–H groups in total. The first-order chi connectivity index (χ1) is 6.61. The minimum atomic E-state index is 0.740. The van der Waals surface area contributed by atoms with Crippen LogP contribution in [-0.4, -0.2) is 6.54 Å². The van der Waals surface area contributed by atoms with Gasteiger partial charge in [-0.15, -0.1) is 0 Å². The molecule has 0 amide bonds. The van der Waals surface area contributed by atoms with Gasteiger partial charge in [0.1, 0.15) is 0 Å². The zero-order valence-electron chi connectivity index (χ0n) is 9.30. The lowest BCUT2D eigenvalue weighted by atomic mass is 10.1. The number of hydrogen-bond donors (Lipinski definition) is 2. The predicted molar refractivity (Wildman–Crippen MR) is 63.5 cm³/mol. The summed E-state index contributed by atoms with van der Waals surface area (Å²) in [4.78, 5) is 0. The van der Waals surface area contributed by atoms with Crippen LogP contribution in [0.1, 0.15) is 25.8 Å². The first kappa shape index (κ1) is 10.9. The molecule has 0 unspecified atom stereocenters. The van der Waals surface area contributed by atoms with Crippen LogP contribution in [0.5, 0.6) is 0 Å². The minimum Gasteiger partial charge on any atom is -0.398 e. The van der Waals surface area contributed by atoms with Crippen LogP contribution in [-0.2, 0) is 0 Å². The average Bonchev–Trinajstić information content (AvgIpc) is 2.12. The van der Waals surface area contributed by atoms with E-state index in [1.165, 1.54) is 6.42 Å². The largest absolute Gasteiger partial charge is 0.398 e. The Labute approximate surface area is 86.5 Å². The molecule has 1 aromatic rings. The Kier molecular flexibility index (Phi) is 3.81. The van der Waals surface area contributed by atoms with Crippen LogP contribution < -0.4 is 11.1 Å². The van der Waals surface area contributed by atoms with E-state index in [2.05, 4.69) is 25.2 Å². The molecule has 0 heterocycles. The second kappa shape index (κ2) is 4.89. The third-order valence-electron chi connectivity index (χ3n) is 2.41. The molecular weight excluding hydrogens is 172 g/mol. The summed E-state index contributed by atoms with van der Waals surface area (Å²) >= 11 is 0. The van der Waals surface area contributed by atoms with Crippen LogP contribution in [0.3, 0.4) is 0 Å². The summed E-state index contributed by atoms with van der Waals surface area (Å²) in [5, 5.41) is 3.41. The van der Waals surface area contributed by atoms with Gasteiger partial charge in [-0.25, -0.2) is 0 Å². The lowest BCUT2D eigenvalue weighted by Crippen LogP contribution is -2.06. The molecule has 0 aromatic heterocycles. The number of hydrogen-bond acceptors (Lipinski definition) is 2. The van der Waals surface area contributed by atoms with E-state index in [0.717, 1.165) is 29.4 Å². The highest BCUT2D eigenvalue weighted by Gasteiger charge is 2.00. The van der Waals surface area contributed by atoms with Gasteiger partial charge in [0.25, 0.3) is 0 Å². The summed E-state index contributed by atoms with van der Waals surface area (Å²) in [6.45, 7) is 7.52. The van der Waals surface area contributed by atoms with E-state index in [4.69, 9.17) is 5.73 Å². The fourth-order valence-corrected chi connectivity index (χ4v) is 1.34. The summed E-state index contributed by atoms with van der Waals surface area (Å²) in [7, 11) is 0. The fourth-order valence-electron chi connectivity index (χ4n) is 1.34. The Morgan fingerprint density at radius 3 is 2.71 bits per heavy atom. The lowest BCUT2D eigenvalue weighted by molar-refractivity contribution is 0.607. The van der Waals surface area contributed by atoms with E-state index in [9.17, 15) is 0 Å². The van der Waals surface area contributed by atoms with Crippen LogP contribution in [0.4, 0.5) is 11.4 Å². The Bertz CT molecular complexity index is 292. The zero-order chi connectivity index (χ0) is 10.6. The van der Waals surface area contributed by atoms with E-state index >= 15 is 0 Å². The molecule has 0 spiro atoms. The van der Waals surface area contributed by atoms with Gasteiger partial charge in [0, 0.05) is 17.9 Å². The summed E-state index contributed by atoms with van der Waals surface area (Å²) in [6.07, 6.45) is 1.19. The van der Waals surface area contributed by atoms with Crippen molar-refractivity contribution in [2.24, 2.45) is 5.92 Å². The topological polar surface area (TPSA) is 38.0 Å². The third kappa shape index (κ3) is 2.95. The summed E-state index contributed by atoms with van der Waals surface area (Å²) in [5.74, 6) is 0.740. The Hall–Kier alpha value is -1.18. The van der Waals surface area contributed by atoms with Crippen molar-refractivity contribution >= 4 is 11.4 Å². The van der Waals surface area contributed by atoms with Crippen LogP contribution in [0.2, 0.25) is 0 Å². The van der Waals surface area contributed by atoms with E-state index in [1.807, 2.05) is 19.1 Å². The maximum Gasteiger partial charge on any atom is 0.0390 e. The summed E-state index contributed by atoms with van der Waals surface area (Å²) < 4.78 is 0. The maximum atomic E-state index is 5.81. The van der Waals surface area contributed by atoms with Gasteiger partial charge >= 0.3 is 0 Å². The second-order valence-corrected chi connectivity index (χ2v) is 4.13. The van der Waals surface area contributed by atoms with Crippen molar-refractivity contribution in [2.45, 2.75) is 27.2 Å². The van der Waals surface area contributed by atoms with Crippen molar-refractivity contribution < 1.29 is 0 Å². The number of rotatable bonds is 4. The van der Waals surface area contributed by atoms with Crippen molar-refractivity contribution in [1.29, 1.82) is 0 Å². The van der Waals surface area contributed by atoms with Crippen molar-refractivity contribution in [2.75, 3.05) is 17.6 Å². The molecule has 0 fully saturated rings. The first-order valence-corrected chi connectivity index (χ1v) is 5.20. The average molecular weight is 192 g/mol. The van der Waals surface area contributed by atoms with Crippen LogP contribution in [0.15, 0.2) is 18.2 Å². The Morgan fingerprint density at radius 1 is 1.36 bits per heavy atom. The Balaban J connectivity index is 2.54. The van der Waals surface area contributed by atoms with Crippen molar-refractivity contribution in [3.05, 3.63) is 23.8 Å². The van der Waals surface area contributed by atoms with Crippen LogP contribution >= 0.6 is 0 Å². The monoisotopic (exact) mass is 192 g/mol. The number of nitrogens with one attached hydrogen (secondary N) is 1. The first-order valence-electron chi connectivity index (χ1n) is 5.20. The van der Waals surface area contributed by atoms with E-state index in [-0.39, 0.29) is 0 Å². The molecule has 0 atom stereocenters. The molecule has 0 aliphatic carbocycles. The molecule has 1 aromatic carbocycles. The van der Waals surface area contributed by atoms with E-state index in [0.29, 0.717) is 0 Å². The van der Waals surface area contributed by atoms with Crippen molar-refractivity contribution in [3.8, 4) is 0 Å². The van der Waals surface area contributed by atoms with Crippen LogP contribution in [0.25, 0.3) is 0 Å². The van der Waals surface area contributed by atoms with Gasteiger partial charge in [-0.2, -0.15) is 0 Å². The minimum absolute atomic E-state index is 0.740. The molecule has 0 radical (unpaired) electrons. The molecule has 0 aliphatic heterocycles. The van der Waals surface area contributed by atoms with E-state index in [1.54, 1.807) is 0 Å². The molecule has 0 bridgehead atoms. The van der Waals surface area contributed by atoms with Gasteiger partial charge in [-0.05, 0) is 37.0 Å². The molecule has 0 saturated heterocycles. The summed E-state index contributed by atoms with van der Waals surface area (Å²) in [5.41, 5.74) is 8.98. The van der Waals surface area contributed by atoms with Crippen molar-refractivity contribution in [3.63, 3.8) is 0 Å². The predicted octanol–water partition coefficient (Wildman–Crippen LogP) is 3.04. The number of nitrogen functional groups attached to an aromatic ring is 1. The van der Waals surface area contributed by atoms with E-state index < -0.39 is 0 Å². The van der Waals surface area contributed by atoms with Gasteiger partial charge in [0.05, 0.1) is 0 Å². The highest BCUT2D eigenvalue weighted by molar-refractivity contribution is 5.62. The SMILES string of the molecule is Cc1c(N)cccc1NCCC(C)C. The van der Waals surface area contributed by atoms with Gasteiger partial charge in [-0.1, -0.05) is 19.9 Å². The fraction of sp³-hybridized carbons (Fsp3) is 0.500. The molecule has 0 aliphatic rings. The van der Waals surface area contributed by atoms with Crippen molar-refractivity contribution in [1.82, 2.24) is 0 Å². The molecule has 2 nitrogen and oxygen atoms in total. The lowest BCUT2D eigenvalue weighted by Gasteiger charge is -2.12. The van der Waals surface area contributed by atoms with Gasteiger partial charge < -0.3 is 11.1 Å².